The van der Waals surface area contributed by atoms with Gasteiger partial charge in [0.1, 0.15) is 0 Å². The van der Waals surface area contributed by atoms with Gasteiger partial charge in [0.05, 0.1) is 4.90 Å². The molecule has 0 aliphatic carbocycles. The fraction of sp³-hybridized carbons (Fsp3) is 0.316. The fourth-order valence-corrected chi connectivity index (χ4v) is 3.69. The van der Waals surface area contributed by atoms with E-state index in [-0.39, 0.29) is 23.2 Å². The summed E-state index contributed by atoms with van der Waals surface area (Å²) in [7, 11) is -3.38. The van der Waals surface area contributed by atoms with Crippen molar-refractivity contribution in [1.82, 2.24) is 4.90 Å². The minimum absolute atomic E-state index is 0. The smallest absolute Gasteiger partial charge is 0.253 e. The Kier molecular flexibility index (Phi) is 8.27. The molecule has 0 saturated heterocycles. The molecule has 0 saturated carbocycles. The number of benzene rings is 2. The number of carbonyl (C=O) groups excluding carboxylic acids is 1. The molecule has 142 valence electrons. The summed E-state index contributed by atoms with van der Waals surface area (Å²) >= 11 is 0. The van der Waals surface area contributed by atoms with Crippen molar-refractivity contribution in [2.45, 2.75) is 18.2 Å². The van der Waals surface area contributed by atoms with E-state index in [1.165, 1.54) is 6.07 Å². The molecule has 0 heterocycles. The first-order chi connectivity index (χ1) is 11.8. The van der Waals surface area contributed by atoms with E-state index in [9.17, 15) is 13.2 Å². The summed E-state index contributed by atoms with van der Waals surface area (Å²) in [4.78, 5) is 14.7. The van der Waals surface area contributed by atoms with Crippen LogP contribution in [0.1, 0.15) is 21.5 Å². The molecule has 26 heavy (non-hydrogen) atoms. The van der Waals surface area contributed by atoms with Gasteiger partial charge in [0.15, 0.2) is 9.84 Å². The molecule has 0 spiro atoms. The quantitative estimate of drug-likeness (QED) is 0.779. The predicted molar refractivity (Wildman–Crippen MR) is 107 cm³/mol. The molecule has 0 fully saturated rings. The van der Waals surface area contributed by atoms with Gasteiger partial charge in [-0.15, -0.1) is 12.4 Å². The summed E-state index contributed by atoms with van der Waals surface area (Å²) in [5.41, 5.74) is 7.79. The number of halogens is 1. The molecule has 0 bridgehead atoms. The maximum atomic E-state index is 12.8. The number of nitrogens with two attached hydrogens (primary N) is 1. The van der Waals surface area contributed by atoms with Crippen molar-refractivity contribution in [2.75, 3.05) is 25.9 Å². The second kappa shape index (κ2) is 9.71. The third-order valence-corrected chi connectivity index (χ3v) is 5.27. The number of nitrogens with zero attached hydrogens (tertiary/aromatic N) is 1. The minimum Gasteiger partial charge on any atom is -0.337 e. The molecule has 0 unspecified atom stereocenters. The number of rotatable bonds is 7. The largest absolute Gasteiger partial charge is 0.337 e. The number of hydrogen-bond acceptors (Lipinski definition) is 4. The van der Waals surface area contributed by atoms with Crippen LogP contribution in [0.3, 0.4) is 0 Å². The number of hydrogen-bond donors (Lipinski definition) is 1. The van der Waals surface area contributed by atoms with Crippen LogP contribution >= 0.6 is 12.4 Å². The average molecular weight is 397 g/mol. The van der Waals surface area contributed by atoms with Crippen LogP contribution < -0.4 is 5.73 Å². The van der Waals surface area contributed by atoms with Gasteiger partial charge < -0.3 is 10.6 Å². The minimum atomic E-state index is -3.38. The average Bonchev–Trinajstić information content (AvgIpc) is 2.58. The summed E-state index contributed by atoms with van der Waals surface area (Å²) in [6.45, 7) is 3.03. The summed E-state index contributed by atoms with van der Waals surface area (Å²) in [5, 5.41) is 0. The Morgan fingerprint density at radius 2 is 1.73 bits per heavy atom. The SMILES string of the molecule is Cc1ccc(C(=O)N(CCN)CCc2ccccc2)cc1S(C)(=O)=O.Cl. The third-order valence-electron chi connectivity index (χ3n) is 4.03. The normalized spacial score (nSPS) is 10.9. The third kappa shape index (κ3) is 5.83. The van der Waals surface area contributed by atoms with Gasteiger partial charge in [-0.1, -0.05) is 36.4 Å². The molecule has 0 atom stereocenters. The molecule has 0 aliphatic heterocycles. The highest BCUT2D eigenvalue weighted by molar-refractivity contribution is 7.90. The summed E-state index contributed by atoms with van der Waals surface area (Å²) in [6.07, 6.45) is 1.87. The topological polar surface area (TPSA) is 80.5 Å². The first-order valence-electron chi connectivity index (χ1n) is 8.17. The van der Waals surface area contributed by atoms with Crippen molar-refractivity contribution in [3.8, 4) is 0 Å². The molecule has 5 nitrogen and oxygen atoms in total. The molecule has 7 heteroatoms. The van der Waals surface area contributed by atoms with Gasteiger partial charge in [-0.05, 0) is 36.6 Å². The first kappa shape index (κ1) is 22.2. The zero-order valence-corrected chi connectivity index (χ0v) is 16.6. The van der Waals surface area contributed by atoms with Gasteiger partial charge >= 0.3 is 0 Å². The van der Waals surface area contributed by atoms with Crippen molar-refractivity contribution in [2.24, 2.45) is 5.73 Å². The van der Waals surface area contributed by atoms with Crippen LogP contribution in [-0.2, 0) is 16.3 Å². The lowest BCUT2D eigenvalue weighted by Gasteiger charge is -2.22. The van der Waals surface area contributed by atoms with E-state index in [0.29, 0.717) is 30.8 Å². The Morgan fingerprint density at radius 1 is 1.08 bits per heavy atom. The van der Waals surface area contributed by atoms with E-state index >= 15 is 0 Å². The number of aryl methyl sites for hydroxylation is 1. The summed E-state index contributed by atoms with van der Waals surface area (Å²) in [5.74, 6) is -0.203. The second-order valence-corrected chi connectivity index (χ2v) is 8.05. The molecule has 2 rings (SSSR count). The van der Waals surface area contributed by atoms with Crippen LogP contribution in [0.5, 0.6) is 0 Å². The highest BCUT2D eigenvalue weighted by Crippen LogP contribution is 2.18. The van der Waals surface area contributed by atoms with Crippen LogP contribution in [0.25, 0.3) is 0 Å². The molecule has 0 aliphatic rings. The first-order valence-corrected chi connectivity index (χ1v) is 10.1. The molecule has 2 aromatic rings. The van der Waals surface area contributed by atoms with E-state index < -0.39 is 9.84 Å². The van der Waals surface area contributed by atoms with Crippen molar-refractivity contribution >= 4 is 28.2 Å². The van der Waals surface area contributed by atoms with E-state index in [1.54, 1.807) is 24.0 Å². The van der Waals surface area contributed by atoms with Crippen molar-refractivity contribution in [3.05, 3.63) is 65.2 Å². The molecule has 2 aromatic carbocycles. The molecular weight excluding hydrogens is 372 g/mol. The van der Waals surface area contributed by atoms with Gasteiger partial charge in [0, 0.05) is 31.5 Å². The summed E-state index contributed by atoms with van der Waals surface area (Å²) in [6, 6.07) is 14.7. The maximum Gasteiger partial charge on any atom is 0.253 e. The Hall–Kier alpha value is -1.89. The van der Waals surface area contributed by atoms with Crippen LogP contribution in [0, 0.1) is 6.92 Å². The molecule has 0 radical (unpaired) electrons. The van der Waals surface area contributed by atoms with Gasteiger partial charge in [-0.3, -0.25) is 4.79 Å². The van der Waals surface area contributed by atoms with E-state index in [4.69, 9.17) is 5.73 Å². The Balaban J connectivity index is 0.00000338. The highest BCUT2D eigenvalue weighted by atomic mass is 35.5. The van der Waals surface area contributed by atoms with Gasteiger partial charge in [-0.2, -0.15) is 0 Å². The molecule has 1 amide bonds. The van der Waals surface area contributed by atoms with Crippen LogP contribution in [0.2, 0.25) is 0 Å². The lowest BCUT2D eigenvalue weighted by atomic mass is 10.1. The van der Waals surface area contributed by atoms with Gasteiger partial charge in [0.2, 0.25) is 0 Å². The van der Waals surface area contributed by atoms with Crippen LogP contribution in [0.4, 0.5) is 0 Å². The fourth-order valence-electron chi connectivity index (χ4n) is 2.69. The molecular formula is C19H25ClN2O3S. The Bertz CT molecular complexity index is 839. The molecule has 0 aromatic heterocycles. The van der Waals surface area contributed by atoms with Crippen molar-refractivity contribution in [1.29, 1.82) is 0 Å². The van der Waals surface area contributed by atoms with Crippen LogP contribution in [-0.4, -0.2) is 45.1 Å². The van der Waals surface area contributed by atoms with Crippen LogP contribution in [0.15, 0.2) is 53.4 Å². The highest BCUT2D eigenvalue weighted by Gasteiger charge is 2.19. The lowest BCUT2D eigenvalue weighted by molar-refractivity contribution is 0.0762. The van der Waals surface area contributed by atoms with Gasteiger partial charge in [0.25, 0.3) is 5.91 Å². The van der Waals surface area contributed by atoms with Crippen molar-refractivity contribution in [3.63, 3.8) is 0 Å². The zero-order chi connectivity index (χ0) is 18.4. The standard InChI is InChI=1S/C19H24N2O3S.ClH/c1-15-8-9-17(14-18(15)25(2,23)24)19(22)21(13-11-20)12-10-16-6-4-3-5-7-16;/h3-9,14H,10-13,20H2,1-2H3;1H. The molecule has 2 N–H and O–H groups in total. The van der Waals surface area contributed by atoms with E-state index in [1.807, 2.05) is 30.3 Å². The van der Waals surface area contributed by atoms with E-state index in [0.717, 1.165) is 18.2 Å². The Labute approximate surface area is 161 Å². The Morgan fingerprint density at radius 3 is 2.31 bits per heavy atom. The van der Waals surface area contributed by atoms with E-state index in [2.05, 4.69) is 0 Å². The van der Waals surface area contributed by atoms with Crippen molar-refractivity contribution < 1.29 is 13.2 Å². The number of sulfone groups is 1. The maximum absolute atomic E-state index is 12.8. The van der Waals surface area contributed by atoms with Gasteiger partial charge in [-0.25, -0.2) is 8.42 Å². The summed E-state index contributed by atoms with van der Waals surface area (Å²) < 4.78 is 23.8. The zero-order valence-electron chi connectivity index (χ0n) is 15.0. The number of carbonyl (C=O) groups is 1. The lowest BCUT2D eigenvalue weighted by Crippen LogP contribution is -2.37. The second-order valence-electron chi connectivity index (χ2n) is 6.07. The monoisotopic (exact) mass is 396 g/mol. The number of amides is 1. The predicted octanol–water partition coefficient (Wildman–Crippen LogP) is 2.46.